The lowest BCUT2D eigenvalue weighted by molar-refractivity contribution is 0.165. The molecule has 3 heterocycles. The summed E-state index contributed by atoms with van der Waals surface area (Å²) >= 11 is 0. The first-order chi connectivity index (χ1) is 16.9. The Labute approximate surface area is 206 Å². The molecule has 3 unspecified atom stereocenters. The van der Waals surface area contributed by atoms with Gasteiger partial charge in [0.1, 0.15) is 23.9 Å². The third-order valence-electron chi connectivity index (χ3n) is 7.05. The van der Waals surface area contributed by atoms with Crippen molar-refractivity contribution in [1.82, 2.24) is 9.88 Å². The second-order valence-electron chi connectivity index (χ2n) is 9.75. The van der Waals surface area contributed by atoms with E-state index in [4.69, 9.17) is 9.47 Å². The maximum absolute atomic E-state index is 10.1. The van der Waals surface area contributed by atoms with Crippen molar-refractivity contribution < 1.29 is 19.7 Å². The smallest absolute Gasteiger partial charge is 0.213 e. The Morgan fingerprint density at radius 2 is 1.94 bits per heavy atom. The lowest BCUT2D eigenvalue weighted by atomic mass is 9.86. The lowest BCUT2D eigenvalue weighted by Gasteiger charge is -2.31. The number of allylic oxidation sites excluding steroid dienone is 1. The second-order valence-corrected chi connectivity index (χ2v) is 9.75. The normalized spacial score (nSPS) is 20.9. The van der Waals surface area contributed by atoms with Gasteiger partial charge in [0.05, 0.1) is 0 Å². The largest absolute Gasteiger partial charge is 0.508 e. The lowest BCUT2D eigenvalue weighted by Crippen LogP contribution is -2.35. The minimum Gasteiger partial charge on any atom is -0.508 e. The third-order valence-corrected chi connectivity index (χ3v) is 7.05. The van der Waals surface area contributed by atoms with Crippen molar-refractivity contribution in [1.29, 1.82) is 0 Å². The van der Waals surface area contributed by atoms with Crippen LogP contribution in [0.4, 0.5) is 0 Å². The standard InChI is InChI=1S/C29H32N2O4/c1-18-11-12-31(16-18)19(2)17-34-27-10-7-22(15-30-27)29-28(21-5-4-6-23(32)13-21)20(3)25-14-24(33)8-9-26(25)35-29/h4-10,13-15,18-19,29,32-33H,11-12,16-17H2,1-3H3. The summed E-state index contributed by atoms with van der Waals surface area (Å²) in [6.07, 6.45) is 2.63. The van der Waals surface area contributed by atoms with Crippen LogP contribution >= 0.6 is 0 Å². The zero-order valence-electron chi connectivity index (χ0n) is 20.4. The highest BCUT2D eigenvalue weighted by atomic mass is 16.5. The van der Waals surface area contributed by atoms with E-state index in [0.29, 0.717) is 24.3 Å². The number of hydrogen-bond acceptors (Lipinski definition) is 6. The van der Waals surface area contributed by atoms with Gasteiger partial charge in [-0.15, -0.1) is 0 Å². The molecule has 2 aliphatic rings. The molecular weight excluding hydrogens is 440 g/mol. The monoisotopic (exact) mass is 472 g/mol. The van der Waals surface area contributed by atoms with Crippen LogP contribution < -0.4 is 9.47 Å². The van der Waals surface area contributed by atoms with Crippen molar-refractivity contribution in [3.05, 3.63) is 77.5 Å². The van der Waals surface area contributed by atoms with Gasteiger partial charge >= 0.3 is 0 Å². The fourth-order valence-electron chi connectivity index (χ4n) is 5.03. The van der Waals surface area contributed by atoms with Gasteiger partial charge in [-0.1, -0.05) is 19.1 Å². The average molecular weight is 473 g/mol. The maximum Gasteiger partial charge on any atom is 0.213 e. The highest BCUT2D eigenvalue weighted by Gasteiger charge is 2.30. The molecule has 182 valence electrons. The molecule has 3 aromatic rings. The van der Waals surface area contributed by atoms with Gasteiger partial charge in [-0.25, -0.2) is 4.98 Å². The molecule has 0 amide bonds. The molecule has 2 aromatic carbocycles. The van der Waals surface area contributed by atoms with Crippen molar-refractivity contribution in [2.45, 2.75) is 39.3 Å². The molecule has 2 N–H and O–H groups in total. The fraction of sp³-hybridized carbons (Fsp3) is 0.345. The van der Waals surface area contributed by atoms with E-state index in [1.807, 2.05) is 31.2 Å². The van der Waals surface area contributed by atoms with Gasteiger partial charge in [-0.3, -0.25) is 4.90 Å². The SMILES string of the molecule is CC1=C(c2cccc(O)c2)C(c2ccc(OCC(C)N3CCC(C)C3)nc2)Oc2ccc(O)cc21. The molecule has 0 saturated carbocycles. The number of likely N-dealkylation sites (tertiary alicyclic amines) is 1. The highest BCUT2D eigenvalue weighted by molar-refractivity contribution is 5.95. The summed E-state index contributed by atoms with van der Waals surface area (Å²) < 4.78 is 12.4. The summed E-state index contributed by atoms with van der Waals surface area (Å²) in [5.74, 6) is 2.40. The molecule has 6 heteroatoms. The van der Waals surface area contributed by atoms with E-state index in [0.717, 1.165) is 46.8 Å². The number of aromatic nitrogens is 1. The Bertz CT molecular complexity index is 1240. The molecular formula is C29H32N2O4. The summed E-state index contributed by atoms with van der Waals surface area (Å²) in [7, 11) is 0. The Morgan fingerprint density at radius 3 is 2.66 bits per heavy atom. The Morgan fingerprint density at radius 1 is 1.11 bits per heavy atom. The predicted octanol–water partition coefficient (Wildman–Crippen LogP) is 5.67. The average Bonchev–Trinajstić information content (AvgIpc) is 3.29. The number of aromatic hydroxyl groups is 2. The van der Waals surface area contributed by atoms with Crippen molar-refractivity contribution >= 4 is 11.1 Å². The van der Waals surface area contributed by atoms with Crippen LogP contribution in [0.5, 0.6) is 23.1 Å². The van der Waals surface area contributed by atoms with Crippen LogP contribution in [-0.4, -0.2) is 45.8 Å². The van der Waals surface area contributed by atoms with Crippen LogP contribution in [0.2, 0.25) is 0 Å². The number of pyridine rings is 1. The minimum absolute atomic E-state index is 0.182. The van der Waals surface area contributed by atoms with Crippen molar-refractivity contribution in [3.8, 4) is 23.1 Å². The van der Waals surface area contributed by atoms with Crippen molar-refractivity contribution in [3.63, 3.8) is 0 Å². The van der Waals surface area contributed by atoms with Crippen LogP contribution in [0.25, 0.3) is 11.1 Å². The van der Waals surface area contributed by atoms with Crippen molar-refractivity contribution in [2.75, 3.05) is 19.7 Å². The number of nitrogens with zero attached hydrogens (tertiary/aromatic N) is 2. The van der Waals surface area contributed by atoms with Gasteiger partial charge < -0.3 is 19.7 Å². The van der Waals surface area contributed by atoms with E-state index < -0.39 is 6.10 Å². The summed E-state index contributed by atoms with van der Waals surface area (Å²) in [5, 5.41) is 20.2. The van der Waals surface area contributed by atoms with Crippen LogP contribution in [0, 0.1) is 5.92 Å². The molecule has 0 radical (unpaired) electrons. The Kier molecular flexibility index (Phi) is 6.39. The molecule has 3 atom stereocenters. The first kappa shape index (κ1) is 23.2. The van der Waals surface area contributed by atoms with Gasteiger partial charge in [-0.05, 0) is 80.3 Å². The van der Waals surface area contributed by atoms with Gasteiger partial charge in [0, 0.05) is 41.5 Å². The number of ether oxygens (including phenoxy) is 2. The Hall–Kier alpha value is -3.51. The van der Waals surface area contributed by atoms with E-state index in [2.05, 4.69) is 23.7 Å². The number of phenolic OH excluding ortho intramolecular Hbond substituents is 2. The van der Waals surface area contributed by atoms with Gasteiger partial charge in [0.2, 0.25) is 5.88 Å². The van der Waals surface area contributed by atoms with Gasteiger partial charge in [-0.2, -0.15) is 0 Å². The van der Waals surface area contributed by atoms with E-state index in [9.17, 15) is 10.2 Å². The highest BCUT2D eigenvalue weighted by Crippen LogP contribution is 2.47. The Balaban J connectivity index is 1.41. The fourth-order valence-corrected chi connectivity index (χ4v) is 5.03. The van der Waals surface area contributed by atoms with Gasteiger partial charge in [0.25, 0.3) is 0 Å². The summed E-state index contributed by atoms with van der Waals surface area (Å²) in [4.78, 5) is 7.05. The maximum atomic E-state index is 10.1. The molecule has 5 rings (SSSR count). The molecule has 35 heavy (non-hydrogen) atoms. The number of rotatable bonds is 6. The van der Waals surface area contributed by atoms with E-state index in [-0.39, 0.29) is 11.5 Å². The quantitative estimate of drug-likeness (QED) is 0.482. The zero-order valence-corrected chi connectivity index (χ0v) is 20.4. The van der Waals surface area contributed by atoms with E-state index >= 15 is 0 Å². The van der Waals surface area contributed by atoms with Crippen molar-refractivity contribution in [2.24, 2.45) is 5.92 Å². The molecule has 1 fully saturated rings. The van der Waals surface area contributed by atoms with E-state index in [1.54, 1.807) is 36.5 Å². The van der Waals surface area contributed by atoms with Gasteiger partial charge in [0.15, 0.2) is 6.10 Å². The van der Waals surface area contributed by atoms with Crippen LogP contribution in [0.15, 0.2) is 60.8 Å². The van der Waals surface area contributed by atoms with E-state index in [1.165, 1.54) is 6.42 Å². The number of hydrogen-bond donors (Lipinski definition) is 2. The first-order valence-corrected chi connectivity index (χ1v) is 12.2. The molecule has 1 saturated heterocycles. The van der Waals surface area contributed by atoms with Crippen LogP contribution in [-0.2, 0) is 0 Å². The van der Waals surface area contributed by atoms with Crippen LogP contribution in [0.1, 0.15) is 50.0 Å². The summed E-state index contributed by atoms with van der Waals surface area (Å²) in [6, 6.07) is 16.5. The molecule has 0 aliphatic carbocycles. The molecule has 0 bridgehead atoms. The topological polar surface area (TPSA) is 75.1 Å². The minimum atomic E-state index is -0.416. The molecule has 1 aromatic heterocycles. The third kappa shape index (κ3) is 4.84. The molecule has 6 nitrogen and oxygen atoms in total. The summed E-state index contributed by atoms with van der Waals surface area (Å²) in [6.45, 7) is 9.36. The second kappa shape index (κ2) is 9.62. The predicted molar refractivity (Wildman–Crippen MR) is 137 cm³/mol. The number of benzene rings is 2. The zero-order chi connectivity index (χ0) is 24.5. The molecule has 0 spiro atoms. The summed E-state index contributed by atoms with van der Waals surface area (Å²) in [5.41, 5.74) is 4.47. The number of phenols is 2. The number of fused-ring (bicyclic) bond motifs is 1. The first-order valence-electron chi connectivity index (χ1n) is 12.2. The molecule has 2 aliphatic heterocycles. The van der Waals surface area contributed by atoms with Crippen LogP contribution in [0.3, 0.4) is 0 Å².